The predicted molar refractivity (Wildman–Crippen MR) is 134 cm³/mol. The van der Waals surface area contributed by atoms with Crippen LogP contribution < -0.4 is 4.74 Å². The summed E-state index contributed by atoms with van der Waals surface area (Å²) in [7, 11) is -1.56. The van der Waals surface area contributed by atoms with Crippen LogP contribution in [0.15, 0.2) is 59.7 Å². The molecule has 2 unspecified atom stereocenters. The summed E-state index contributed by atoms with van der Waals surface area (Å²) in [6.45, 7) is 2.38. The molecule has 2 heterocycles. The lowest BCUT2D eigenvalue weighted by Gasteiger charge is -2.33. The van der Waals surface area contributed by atoms with Gasteiger partial charge >= 0.3 is 0 Å². The molecule has 9 heteroatoms. The number of para-hydroxylation sites is 1. The monoisotopic (exact) mass is 497 g/mol. The third-order valence-corrected chi connectivity index (χ3v) is 8.31. The lowest BCUT2D eigenvalue weighted by Crippen LogP contribution is -2.47. The zero-order valence-electron chi connectivity index (χ0n) is 20.1. The van der Waals surface area contributed by atoms with E-state index in [1.807, 2.05) is 61.5 Å². The lowest BCUT2D eigenvalue weighted by molar-refractivity contribution is -0.134. The van der Waals surface area contributed by atoms with Gasteiger partial charge in [-0.05, 0) is 37.0 Å². The number of carbonyl (C=O) groups is 2. The molecule has 8 nitrogen and oxygen atoms in total. The molecule has 0 saturated carbocycles. The van der Waals surface area contributed by atoms with Gasteiger partial charge in [-0.2, -0.15) is 5.10 Å². The molecule has 0 bridgehead atoms. The number of carbonyl (C=O) groups excluding carboxylic acids is 2. The first-order valence-electron chi connectivity index (χ1n) is 11.8. The van der Waals surface area contributed by atoms with Crippen LogP contribution in [0.4, 0.5) is 0 Å². The van der Waals surface area contributed by atoms with Crippen molar-refractivity contribution in [2.24, 2.45) is 5.10 Å². The molecule has 0 spiro atoms. The Hall–Kier alpha value is -3.20. The van der Waals surface area contributed by atoms with Crippen molar-refractivity contribution in [3.05, 3.63) is 65.7 Å². The standard InChI is InChI=1S/C26H31N3O5S/c1-19(16-21-10-6-7-11-24(21)34-2)28(17-20-8-4-3-5-9-20)26(31)23-12-13-25(30)29(27-23)22-14-15-35(32,33)18-22/h3-11,19,22H,12-18H2,1-2H3. The second-order valence-electron chi connectivity index (χ2n) is 9.13. The van der Waals surface area contributed by atoms with Gasteiger partial charge in [-0.1, -0.05) is 48.5 Å². The quantitative estimate of drug-likeness (QED) is 0.559. The number of hydrogen-bond donors (Lipinski definition) is 0. The molecule has 2 amide bonds. The lowest BCUT2D eigenvalue weighted by atomic mass is 10.0. The molecule has 2 aliphatic heterocycles. The fourth-order valence-corrected chi connectivity index (χ4v) is 6.34. The van der Waals surface area contributed by atoms with E-state index in [1.165, 1.54) is 5.01 Å². The second-order valence-corrected chi connectivity index (χ2v) is 11.4. The van der Waals surface area contributed by atoms with Crippen LogP contribution in [0.5, 0.6) is 5.75 Å². The van der Waals surface area contributed by atoms with Gasteiger partial charge < -0.3 is 9.64 Å². The van der Waals surface area contributed by atoms with Gasteiger partial charge in [0.1, 0.15) is 11.5 Å². The smallest absolute Gasteiger partial charge is 0.270 e. The van der Waals surface area contributed by atoms with Gasteiger partial charge in [-0.15, -0.1) is 0 Å². The van der Waals surface area contributed by atoms with Crippen molar-refractivity contribution in [1.82, 2.24) is 9.91 Å². The molecule has 35 heavy (non-hydrogen) atoms. The normalized spacial score (nSPS) is 20.3. The summed E-state index contributed by atoms with van der Waals surface area (Å²) in [5, 5.41) is 5.66. The highest BCUT2D eigenvalue weighted by Crippen LogP contribution is 2.25. The van der Waals surface area contributed by atoms with E-state index in [1.54, 1.807) is 12.0 Å². The average molecular weight is 498 g/mol. The highest BCUT2D eigenvalue weighted by molar-refractivity contribution is 7.91. The molecule has 1 saturated heterocycles. The van der Waals surface area contributed by atoms with Gasteiger partial charge in [0.2, 0.25) is 5.91 Å². The van der Waals surface area contributed by atoms with Gasteiger partial charge in [-0.25, -0.2) is 13.4 Å². The predicted octanol–water partition coefficient (Wildman–Crippen LogP) is 2.82. The van der Waals surface area contributed by atoms with E-state index in [4.69, 9.17) is 4.74 Å². The van der Waals surface area contributed by atoms with Crippen molar-refractivity contribution in [2.45, 2.75) is 51.2 Å². The first-order valence-corrected chi connectivity index (χ1v) is 13.7. The van der Waals surface area contributed by atoms with Crippen LogP contribution in [0.2, 0.25) is 0 Å². The van der Waals surface area contributed by atoms with Crippen molar-refractivity contribution in [3.8, 4) is 5.75 Å². The molecule has 0 aromatic heterocycles. The molecular weight excluding hydrogens is 466 g/mol. The average Bonchev–Trinajstić information content (AvgIpc) is 3.22. The molecule has 2 aromatic carbocycles. The van der Waals surface area contributed by atoms with Crippen molar-refractivity contribution in [3.63, 3.8) is 0 Å². The number of sulfone groups is 1. The van der Waals surface area contributed by atoms with E-state index >= 15 is 0 Å². The molecule has 2 aliphatic rings. The first kappa shape index (κ1) is 24.9. The van der Waals surface area contributed by atoms with Crippen LogP contribution in [-0.4, -0.2) is 66.6 Å². The van der Waals surface area contributed by atoms with Crippen LogP contribution >= 0.6 is 0 Å². The van der Waals surface area contributed by atoms with Crippen molar-refractivity contribution < 1.29 is 22.7 Å². The van der Waals surface area contributed by atoms with E-state index in [9.17, 15) is 18.0 Å². The van der Waals surface area contributed by atoms with Crippen LogP contribution in [0.3, 0.4) is 0 Å². The third-order valence-electron chi connectivity index (χ3n) is 6.56. The summed E-state index contributed by atoms with van der Waals surface area (Å²) in [6, 6.07) is 16.8. The Balaban J connectivity index is 1.61. The van der Waals surface area contributed by atoms with Crippen LogP contribution in [0, 0.1) is 0 Å². The number of ether oxygens (including phenoxy) is 1. The summed E-state index contributed by atoms with van der Waals surface area (Å²) in [5.74, 6) is 0.216. The zero-order valence-corrected chi connectivity index (χ0v) is 20.9. The number of benzene rings is 2. The topological polar surface area (TPSA) is 96.3 Å². The Morgan fingerprint density at radius 2 is 1.86 bits per heavy atom. The number of nitrogens with zero attached hydrogens (tertiary/aromatic N) is 3. The van der Waals surface area contributed by atoms with Crippen molar-refractivity contribution in [1.29, 1.82) is 0 Å². The fourth-order valence-electron chi connectivity index (χ4n) is 4.65. The van der Waals surface area contributed by atoms with E-state index < -0.39 is 15.9 Å². The van der Waals surface area contributed by atoms with Crippen LogP contribution in [-0.2, 0) is 32.4 Å². The van der Waals surface area contributed by atoms with Gasteiger partial charge in [0.15, 0.2) is 9.84 Å². The van der Waals surface area contributed by atoms with Gasteiger partial charge in [0.05, 0.1) is 24.7 Å². The number of hydrogen-bond acceptors (Lipinski definition) is 6. The number of rotatable bonds is 8. The molecule has 0 aliphatic carbocycles. The minimum atomic E-state index is -3.19. The van der Waals surface area contributed by atoms with E-state index in [2.05, 4.69) is 5.10 Å². The van der Waals surface area contributed by atoms with Crippen molar-refractivity contribution in [2.75, 3.05) is 18.6 Å². The Morgan fingerprint density at radius 1 is 1.14 bits per heavy atom. The summed E-state index contributed by atoms with van der Waals surface area (Å²) in [6.07, 6.45) is 1.30. The van der Waals surface area contributed by atoms with Gasteiger partial charge in [-0.3, -0.25) is 9.59 Å². The molecular formula is C26H31N3O5S. The Kier molecular flexibility index (Phi) is 7.54. The minimum Gasteiger partial charge on any atom is -0.496 e. The summed E-state index contributed by atoms with van der Waals surface area (Å²) in [4.78, 5) is 28.1. The molecule has 1 fully saturated rings. The molecule has 2 aromatic rings. The van der Waals surface area contributed by atoms with Crippen LogP contribution in [0.25, 0.3) is 0 Å². The highest BCUT2D eigenvalue weighted by Gasteiger charge is 2.38. The molecule has 2 atom stereocenters. The van der Waals surface area contributed by atoms with Gasteiger partial charge in [0.25, 0.3) is 5.91 Å². The van der Waals surface area contributed by atoms with Gasteiger partial charge in [0, 0.05) is 25.4 Å². The molecule has 0 N–H and O–H groups in total. The first-order chi connectivity index (χ1) is 16.8. The Bertz CT molecular complexity index is 1210. The Labute approximate surface area is 206 Å². The fraction of sp³-hybridized carbons (Fsp3) is 0.423. The maximum atomic E-state index is 13.8. The zero-order chi connectivity index (χ0) is 25.0. The third kappa shape index (κ3) is 5.90. The summed E-state index contributed by atoms with van der Waals surface area (Å²) in [5.41, 5.74) is 2.27. The van der Waals surface area contributed by atoms with E-state index in [0.717, 1.165) is 16.9 Å². The maximum absolute atomic E-state index is 13.8. The van der Waals surface area contributed by atoms with E-state index in [0.29, 0.717) is 19.4 Å². The molecule has 4 rings (SSSR count). The number of amides is 2. The SMILES string of the molecule is COc1ccccc1CC(C)N(Cc1ccccc1)C(=O)C1=NN(C2CCS(=O)(=O)C2)C(=O)CC1. The molecule has 0 radical (unpaired) electrons. The van der Waals surface area contributed by atoms with Crippen molar-refractivity contribution >= 4 is 27.4 Å². The van der Waals surface area contributed by atoms with Crippen LogP contribution in [0.1, 0.15) is 37.3 Å². The summed E-state index contributed by atoms with van der Waals surface area (Å²) < 4.78 is 29.4. The second kappa shape index (κ2) is 10.6. The minimum absolute atomic E-state index is 0.0380. The Morgan fingerprint density at radius 3 is 2.54 bits per heavy atom. The maximum Gasteiger partial charge on any atom is 0.270 e. The summed E-state index contributed by atoms with van der Waals surface area (Å²) >= 11 is 0. The highest BCUT2D eigenvalue weighted by atomic mass is 32.2. The van der Waals surface area contributed by atoms with E-state index in [-0.39, 0.29) is 47.9 Å². The largest absolute Gasteiger partial charge is 0.496 e. The number of methoxy groups -OCH3 is 1. The number of hydrazone groups is 1. The molecule has 186 valence electrons.